The quantitative estimate of drug-likeness (QED) is 0.662. The van der Waals surface area contributed by atoms with Crippen LogP contribution in [0.5, 0.6) is 0 Å². The number of rotatable bonds is 3. The van der Waals surface area contributed by atoms with E-state index in [0.29, 0.717) is 0 Å². The molecule has 0 saturated heterocycles. The molecule has 0 aliphatic carbocycles. The Balaban J connectivity index is 2.27. The highest BCUT2D eigenvalue weighted by Gasteiger charge is 2.00. The van der Waals surface area contributed by atoms with Crippen LogP contribution in [0.3, 0.4) is 0 Å². The summed E-state index contributed by atoms with van der Waals surface area (Å²) in [7, 11) is 0. The molecule has 2 aromatic rings. The van der Waals surface area contributed by atoms with Gasteiger partial charge in [0, 0.05) is 23.8 Å². The first-order valence-corrected chi connectivity index (χ1v) is 5.26. The number of hydrogen-bond donors (Lipinski definition) is 1. The van der Waals surface area contributed by atoms with Gasteiger partial charge in [0.1, 0.15) is 0 Å². The van der Waals surface area contributed by atoms with Crippen molar-refractivity contribution in [1.82, 2.24) is 9.55 Å². The Kier molecular flexibility index (Phi) is 3.14. The van der Waals surface area contributed by atoms with Crippen LogP contribution in [-0.2, 0) is 0 Å². The fourth-order valence-corrected chi connectivity index (χ4v) is 1.55. The molecule has 0 aliphatic rings. The summed E-state index contributed by atoms with van der Waals surface area (Å²) >= 11 is 11.2. The Morgan fingerprint density at radius 1 is 1.33 bits per heavy atom. The van der Waals surface area contributed by atoms with E-state index in [4.69, 9.17) is 23.2 Å². The summed E-state index contributed by atoms with van der Waals surface area (Å²) in [5.41, 5.74) is 1.88. The summed E-state index contributed by atoms with van der Waals surface area (Å²) in [5.74, 6) is 0. The van der Waals surface area contributed by atoms with Crippen molar-refractivity contribution >= 4 is 28.9 Å². The lowest BCUT2D eigenvalue weighted by molar-refractivity contribution is 1.06. The van der Waals surface area contributed by atoms with Crippen LogP contribution in [0.25, 0.3) is 5.69 Å². The zero-order valence-corrected chi connectivity index (χ0v) is 9.28. The van der Waals surface area contributed by atoms with Crippen LogP contribution < -0.4 is 5.32 Å². The monoisotopic (exact) mass is 241 g/mol. The smallest absolute Gasteiger partial charge is 0.177 e. The van der Waals surface area contributed by atoms with Crippen LogP contribution >= 0.6 is 23.2 Å². The summed E-state index contributed by atoms with van der Waals surface area (Å²) in [6, 6.07) is 7.75. The number of aromatic nitrogens is 2. The molecule has 15 heavy (non-hydrogen) atoms. The van der Waals surface area contributed by atoms with E-state index in [1.54, 1.807) is 12.5 Å². The van der Waals surface area contributed by atoms with E-state index in [1.807, 2.05) is 35.0 Å². The number of alkyl halides is 2. The Bertz CT molecular complexity index is 426. The summed E-state index contributed by atoms with van der Waals surface area (Å²) < 4.78 is 1.91. The molecule has 0 fully saturated rings. The summed E-state index contributed by atoms with van der Waals surface area (Å²) in [6.45, 7) is 0. The molecule has 0 bridgehead atoms. The van der Waals surface area contributed by atoms with Crippen molar-refractivity contribution in [2.75, 3.05) is 5.32 Å². The molecule has 78 valence electrons. The van der Waals surface area contributed by atoms with Crippen molar-refractivity contribution in [3.63, 3.8) is 0 Å². The van der Waals surface area contributed by atoms with Crippen LogP contribution in [0.1, 0.15) is 0 Å². The maximum absolute atomic E-state index is 5.62. The van der Waals surface area contributed by atoms with Crippen molar-refractivity contribution in [1.29, 1.82) is 0 Å². The summed E-state index contributed by atoms with van der Waals surface area (Å²) in [4.78, 5) is 3.37. The van der Waals surface area contributed by atoms with Gasteiger partial charge in [0.05, 0.1) is 6.33 Å². The Labute approximate surface area is 97.6 Å². The van der Waals surface area contributed by atoms with E-state index in [2.05, 4.69) is 10.3 Å². The topological polar surface area (TPSA) is 29.9 Å². The van der Waals surface area contributed by atoms with Gasteiger partial charge in [-0.2, -0.15) is 0 Å². The molecular weight excluding hydrogens is 233 g/mol. The number of anilines is 1. The van der Waals surface area contributed by atoms with E-state index in [-0.39, 0.29) is 0 Å². The van der Waals surface area contributed by atoms with E-state index >= 15 is 0 Å². The van der Waals surface area contributed by atoms with Crippen molar-refractivity contribution in [2.45, 2.75) is 4.96 Å². The molecular formula is C10H9Cl2N3. The maximum Gasteiger partial charge on any atom is 0.177 e. The number of benzene rings is 1. The minimum Gasteiger partial charge on any atom is -0.357 e. The second-order valence-electron chi connectivity index (χ2n) is 2.97. The van der Waals surface area contributed by atoms with Gasteiger partial charge in [-0.1, -0.05) is 29.3 Å². The average Bonchev–Trinajstić information content (AvgIpc) is 2.69. The van der Waals surface area contributed by atoms with Crippen molar-refractivity contribution in [3.05, 3.63) is 43.0 Å². The molecule has 0 unspecified atom stereocenters. The molecule has 1 aromatic heterocycles. The molecule has 1 heterocycles. The van der Waals surface area contributed by atoms with Crippen LogP contribution in [0, 0.1) is 0 Å². The second-order valence-corrected chi connectivity index (χ2v) is 4.06. The van der Waals surface area contributed by atoms with Crippen molar-refractivity contribution in [3.8, 4) is 5.69 Å². The molecule has 0 saturated carbocycles. The van der Waals surface area contributed by atoms with Gasteiger partial charge in [0.25, 0.3) is 0 Å². The standard InChI is InChI=1S/C10H9Cl2N3/c11-10(12)14-8-2-1-3-9(6-8)15-5-4-13-7-15/h1-7,10,14H. The van der Waals surface area contributed by atoms with Gasteiger partial charge in [-0.05, 0) is 18.2 Å². The van der Waals surface area contributed by atoms with Gasteiger partial charge >= 0.3 is 0 Å². The number of nitrogens with zero attached hydrogens (tertiary/aromatic N) is 2. The lowest BCUT2D eigenvalue weighted by atomic mass is 10.3. The highest BCUT2D eigenvalue weighted by Crippen LogP contribution is 2.16. The number of hydrogen-bond acceptors (Lipinski definition) is 2. The first-order chi connectivity index (χ1) is 7.25. The minimum absolute atomic E-state index is 0.608. The third-order valence-electron chi connectivity index (χ3n) is 1.92. The molecule has 1 aromatic carbocycles. The fourth-order valence-electron chi connectivity index (χ4n) is 1.29. The van der Waals surface area contributed by atoms with E-state index < -0.39 is 4.96 Å². The van der Waals surface area contributed by atoms with Gasteiger partial charge in [-0.25, -0.2) is 4.98 Å². The average molecular weight is 242 g/mol. The van der Waals surface area contributed by atoms with Gasteiger partial charge in [-0.3, -0.25) is 0 Å². The number of imidazole rings is 1. The highest BCUT2D eigenvalue weighted by atomic mass is 35.5. The van der Waals surface area contributed by atoms with Crippen molar-refractivity contribution < 1.29 is 0 Å². The zero-order chi connectivity index (χ0) is 10.7. The van der Waals surface area contributed by atoms with E-state index in [9.17, 15) is 0 Å². The third-order valence-corrected chi connectivity index (χ3v) is 2.14. The number of halogens is 2. The third kappa shape index (κ3) is 2.64. The molecule has 1 N–H and O–H groups in total. The Morgan fingerprint density at radius 3 is 2.87 bits per heavy atom. The first kappa shape index (κ1) is 10.3. The first-order valence-electron chi connectivity index (χ1n) is 4.39. The molecule has 0 aliphatic heterocycles. The van der Waals surface area contributed by atoms with Crippen LogP contribution in [0.2, 0.25) is 0 Å². The maximum atomic E-state index is 5.62. The molecule has 3 nitrogen and oxygen atoms in total. The lowest BCUT2D eigenvalue weighted by Gasteiger charge is -2.08. The molecule has 0 atom stereocenters. The SMILES string of the molecule is ClC(Cl)Nc1cccc(-n2ccnc2)c1. The van der Waals surface area contributed by atoms with Gasteiger partial charge in [0.2, 0.25) is 0 Å². The largest absolute Gasteiger partial charge is 0.357 e. The summed E-state index contributed by atoms with van der Waals surface area (Å²) in [6.07, 6.45) is 5.34. The zero-order valence-electron chi connectivity index (χ0n) is 7.77. The van der Waals surface area contributed by atoms with Crippen LogP contribution in [-0.4, -0.2) is 14.5 Å². The van der Waals surface area contributed by atoms with Crippen LogP contribution in [0.4, 0.5) is 5.69 Å². The highest BCUT2D eigenvalue weighted by molar-refractivity contribution is 6.45. The van der Waals surface area contributed by atoms with Gasteiger partial charge < -0.3 is 9.88 Å². The lowest BCUT2D eigenvalue weighted by Crippen LogP contribution is -2.04. The molecule has 0 spiro atoms. The minimum atomic E-state index is -0.608. The Morgan fingerprint density at radius 2 is 2.20 bits per heavy atom. The normalized spacial score (nSPS) is 10.6. The van der Waals surface area contributed by atoms with E-state index in [1.165, 1.54) is 0 Å². The molecule has 0 amide bonds. The van der Waals surface area contributed by atoms with E-state index in [0.717, 1.165) is 11.4 Å². The molecule has 2 rings (SSSR count). The molecule has 5 heteroatoms. The second kappa shape index (κ2) is 4.55. The van der Waals surface area contributed by atoms with Gasteiger partial charge in [-0.15, -0.1) is 0 Å². The molecule has 0 radical (unpaired) electrons. The van der Waals surface area contributed by atoms with Gasteiger partial charge in [0.15, 0.2) is 4.96 Å². The predicted molar refractivity (Wildman–Crippen MR) is 62.7 cm³/mol. The predicted octanol–water partition coefficient (Wildman–Crippen LogP) is 3.05. The Hall–Kier alpha value is -1.19. The van der Waals surface area contributed by atoms with Crippen molar-refractivity contribution in [2.24, 2.45) is 0 Å². The fraction of sp³-hybridized carbons (Fsp3) is 0.100. The summed E-state index contributed by atoms with van der Waals surface area (Å²) in [5, 5.41) is 2.90. The van der Waals surface area contributed by atoms with Crippen LogP contribution in [0.15, 0.2) is 43.0 Å². The number of nitrogens with one attached hydrogen (secondary N) is 1.